The van der Waals surface area contributed by atoms with E-state index in [0.29, 0.717) is 20.9 Å². The summed E-state index contributed by atoms with van der Waals surface area (Å²) in [6.07, 6.45) is 0. The third kappa shape index (κ3) is 1.80. The average Bonchev–Trinajstić information content (AvgIpc) is 2.60. The molecule has 72 valence electrons. The smallest absolute Gasteiger partial charge is 0.200 e. The molecule has 0 atom stereocenters. The molecule has 0 aromatic carbocycles. The van der Waals surface area contributed by atoms with E-state index in [9.17, 15) is 0 Å². The number of halogens is 3. The van der Waals surface area contributed by atoms with Gasteiger partial charge in [0.1, 0.15) is 13.9 Å². The van der Waals surface area contributed by atoms with E-state index >= 15 is 0 Å². The fraction of sp³-hybridized carbons (Fsp3) is 0.143. The van der Waals surface area contributed by atoms with Crippen molar-refractivity contribution in [3.8, 4) is 0 Å². The van der Waals surface area contributed by atoms with Crippen LogP contribution in [0.25, 0.3) is 0 Å². The Morgan fingerprint density at radius 1 is 0.714 bits per heavy atom. The highest BCUT2D eigenvalue weighted by Crippen LogP contribution is 2.24. The lowest BCUT2D eigenvalue weighted by Gasteiger charge is -1.88. The van der Waals surface area contributed by atoms with Crippen LogP contribution in [0, 0.1) is 0 Å². The van der Waals surface area contributed by atoms with Gasteiger partial charge in [-0.05, 0) is 54.7 Å². The van der Waals surface area contributed by atoms with Gasteiger partial charge in [0.05, 0.1) is 5.71 Å². The number of aliphatic imine (C=N–C) groups is 4. The van der Waals surface area contributed by atoms with E-state index in [2.05, 4.69) is 67.8 Å². The van der Waals surface area contributed by atoms with Crippen molar-refractivity contribution in [2.24, 2.45) is 20.0 Å². The fourth-order valence-electron chi connectivity index (χ4n) is 0.907. The number of hydrogen-bond donors (Lipinski definition) is 0. The van der Waals surface area contributed by atoms with Gasteiger partial charge in [-0.1, -0.05) is 0 Å². The molecule has 0 fully saturated rings. The van der Waals surface area contributed by atoms with Crippen molar-refractivity contribution in [1.29, 1.82) is 0 Å². The molecule has 0 amide bonds. The van der Waals surface area contributed by atoms with Crippen LogP contribution in [0.3, 0.4) is 0 Å². The normalized spacial score (nSPS) is 20.9. The SMILES string of the molecule is CC1=NC(=C2N=C(Br)C(Br)=N2)N=C1Br. The Labute approximate surface area is 105 Å². The Morgan fingerprint density at radius 2 is 1.14 bits per heavy atom. The van der Waals surface area contributed by atoms with Gasteiger partial charge < -0.3 is 0 Å². The van der Waals surface area contributed by atoms with Crippen molar-refractivity contribution in [1.82, 2.24) is 0 Å². The first kappa shape index (κ1) is 10.4. The minimum atomic E-state index is 0.512. The summed E-state index contributed by atoms with van der Waals surface area (Å²) in [5, 5.41) is 0. The molecular formula is C7H3Br3N4. The van der Waals surface area contributed by atoms with Gasteiger partial charge in [0, 0.05) is 0 Å². The molecule has 0 radical (unpaired) electrons. The molecule has 2 aliphatic heterocycles. The van der Waals surface area contributed by atoms with Gasteiger partial charge in [0.25, 0.3) is 0 Å². The predicted octanol–water partition coefficient (Wildman–Crippen LogP) is 2.98. The average molecular weight is 383 g/mol. The van der Waals surface area contributed by atoms with Crippen LogP contribution < -0.4 is 0 Å². The van der Waals surface area contributed by atoms with Gasteiger partial charge in [-0.2, -0.15) is 0 Å². The lowest BCUT2D eigenvalue weighted by Crippen LogP contribution is -1.94. The maximum absolute atomic E-state index is 4.21. The summed E-state index contributed by atoms with van der Waals surface area (Å²) in [6, 6.07) is 0. The highest BCUT2D eigenvalue weighted by atomic mass is 79.9. The molecule has 4 nitrogen and oxygen atoms in total. The van der Waals surface area contributed by atoms with Crippen LogP contribution in [0.1, 0.15) is 6.92 Å². The second-order valence-electron chi connectivity index (χ2n) is 2.55. The van der Waals surface area contributed by atoms with Crippen LogP contribution in [-0.2, 0) is 0 Å². The summed E-state index contributed by atoms with van der Waals surface area (Å²) < 4.78 is 2.04. The molecule has 7 heteroatoms. The number of hydrogen-bond acceptors (Lipinski definition) is 4. The second kappa shape index (κ2) is 3.79. The van der Waals surface area contributed by atoms with E-state index in [0.717, 1.165) is 10.3 Å². The fourth-order valence-corrected chi connectivity index (χ4v) is 1.68. The van der Waals surface area contributed by atoms with Crippen molar-refractivity contribution in [2.75, 3.05) is 0 Å². The van der Waals surface area contributed by atoms with Crippen LogP contribution in [0.4, 0.5) is 0 Å². The topological polar surface area (TPSA) is 49.4 Å². The molecule has 0 aromatic rings. The van der Waals surface area contributed by atoms with E-state index in [-0.39, 0.29) is 0 Å². The maximum atomic E-state index is 4.21. The summed E-state index contributed by atoms with van der Waals surface area (Å²) >= 11 is 9.79. The molecule has 0 saturated heterocycles. The molecule has 0 saturated carbocycles. The van der Waals surface area contributed by atoms with Gasteiger partial charge in [-0.3, -0.25) is 0 Å². The highest BCUT2D eigenvalue weighted by Gasteiger charge is 2.19. The van der Waals surface area contributed by atoms with Crippen LogP contribution in [0.5, 0.6) is 0 Å². The summed E-state index contributed by atoms with van der Waals surface area (Å²) in [5.41, 5.74) is 0.831. The van der Waals surface area contributed by atoms with E-state index in [1.807, 2.05) is 6.92 Å². The first-order valence-electron chi connectivity index (χ1n) is 3.61. The third-order valence-corrected chi connectivity index (χ3v) is 3.94. The van der Waals surface area contributed by atoms with Crippen molar-refractivity contribution in [2.45, 2.75) is 6.92 Å². The van der Waals surface area contributed by atoms with Crippen LogP contribution in [0.15, 0.2) is 31.6 Å². The third-order valence-electron chi connectivity index (χ3n) is 1.55. The molecule has 0 aliphatic carbocycles. The Balaban J connectivity index is 2.49. The lowest BCUT2D eigenvalue weighted by atomic mass is 10.5. The van der Waals surface area contributed by atoms with Crippen molar-refractivity contribution >= 4 is 67.4 Å². The summed E-state index contributed by atoms with van der Waals surface area (Å²) in [7, 11) is 0. The largest absolute Gasteiger partial charge is 0.228 e. The molecule has 2 rings (SSSR count). The van der Waals surface area contributed by atoms with Gasteiger partial charge in [-0.25, -0.2) is 20.0 Å². The Kier molecular flexibility index (Phi) is 2.81. The lowest BCUT2D eigenvalue weighted by molar-refractivity contribution is 1.13. The van der Waals surface area contributed by atoms with Crippen molar-refractivity contribution in [3.63, 3.8) is 0 Å². The Bertz CT molecular complexity index is 374. The van der Waals surface area contributed by atoms with Crippen molar-refractivity contribution in [3.05, 3.63) is 11.6 Å². The highest BCUT2D eigenvalue weighted by molar-refractivity contribution is 9.25. The predicted molar refractivity (Wildman–Crippen MR) is 69.2 cm³/mol. The zero-order valence-electron chi connectivity index (χ0n) is 6.92. The van der Waals surface area contributed by atoms with E-state index in [1.165, 1.54) is 0 Å². The quantitative estimate of drug-likeness (QED) is 0.618. The van der Waals surface area contributed by atoms with Crippen LogP contribution >= 0.6 is 47.8 Å². The Hall–Kier alpha value is -0.140. The van der Waals surface area contributed by atoms with E-state index in [4.69, 9.17) is 0 Å². The van der Waals surface area contributed by atoms with Crippen LogP contribution in [-0.4, -0.2) is 19.6 Å². The standard InChI is InChI=1S/C7H3Br3N4/c1-2-3(8)12-6(11-2)7-13-4(9)5(10)14-7/h1H3. The van der Waals surface area contributed by atoms with Gasteiger partial charge >= 0.3 is 0 Å². The summed E-state index contributed by atoms with van der Waals surface area (Å²) in [5.74, 6) is 1.04. The molecule has 0 N–H and O–H groups in total. The van der Waals surface area contributed by atoms with Gasteiger partial charge in [-0.15, -0.1) is 0 Å². The summed E-state index contributed by atoms with van der Waals surface area (Å²) in [4.78, 5) is 16.7. The molecule has 14 heavy (non-hydrogen) atoms. The molecule has 2 heterocycles. The van der Waals surface area contributed by atoms with Gasteiger partial charge in [0.2, 0.25) is 0 Å². The van der Waals surface area contributed by atoms with Gasteiger partial charge in [0.15, 0.2) is 11.6 Å². The van der Waals surface area contributed by atoms with Crippen molar-refractivity contribution < 1.29 is 0 Å². The van der Waals surface area contributed by atoms with Crippen LogP contribution in [0.2, 0.25) is 0 Å². The molecule has 0 bridgehead atoms. The zero-order chi connectivity index (χ0) is 10.3. The zero-order valence-corrected chi connectivity index (χ0v) is 11.7. The minimum Gasteiger partial charge on any atom is -0.228 e. The van der Waals surface area contributed by atoms with E-state index < -0.39 is 0 Å². The molecule has 0 unspecified atom stereocenters. The first-order valence-corrected chi connectivity index (χ1v) is 5.98. The monoisotopic (exact) mass is 380 g/mol. The Morgan fingerprint density at radius 3 is 1.57 bits per heavy atom. The minimum absolute atomic E-state index is 0.512. The molecule has 0 aromatic heterocycles. The molecule has 2 aliphatic rings. The second-order valence-corrected chi connectivity index (χ2v) is 4.81. The summed E-state index contributed by atoms with van der Waals surface area (Å²) in [6.45, 7) is 1.87. The number of rotatable bonds is 0. The molecule has 0 spiro atoms. The van der Waals surface area contributed by atoms with E-state index in [1.54, 1.807) is 0 Å². The number of nitrogens with zero attached hydrogens (tertiary/aromatic N) is 4. The maximum Gasteiger partial charge on any atom is 0.200 e. The molecular weight excluding hydrogens is 380 g/mol. The first-order chi connectivity index (χ1) is 6.58.